The van der Waals surface area contributed by atoms with Gasteiger partial charge in [0, 0.05) is 5.56 Å². The first kappa shape index (κ1) is 26.7. The molecule has 8 nitrogen and oxygen atoms in total. The van der Waals surface area contributed by atoms with E-state index in [2.05, 4.69) is 0 Å². The summed E-state index contributed by atoms with van der Waals surface area (Å²) < 4.78 is 66.8. The molecule has 0 atom stereocenters. The van der Waals surface area contributed by atoms with Gasteiger partial charge in [-0.15, -0.1) is 0 Å². The third-order valence-corrected chi connectivity index (χ3v) is 7.08. The Balaban J connectivity index is 2.07. The lowest BCUT2D eigenvalue weighted by Gasteiger charge is -2.15. The molecule has 36 heavy (non-hydrogen) atoms. The van der Waals surface area contributed by atoms with E-state index in [1.54, 1.807) is 30.4 Å². The van der Waals surface area contributed by atoms with Gasteiger partial charge < -0.3 is 28.8 Å². The number of hydrogen-bond donors (Lipinski definition) is 1. The van der Waals surface area contributed by atoms with Crippen molar-refractivity contribution in [3.05, 3.63) is 65.0 Å². The average Bonchev–Trinajstić information content (AvgIpc) is 2.87. The van der Waals surface area contributed by atoms with Gasteiger partial charge in [-0.3, -0.25) is 0 Å². The molecule has 0 spiro atoms. The van der Waals surface area contributed by atoms with Crippen molar-refractivity contribution in [3.8, 4) is 34.5 Å². The minimum absolute atomic E-state index is 0.000370. The van der Waals surface area contributed by atoms with Crippen LogP contribution in [0.4, 0.5) is 4.39 Å². The van der Waals surface area contributed by atoms with Gasteiger partial charge in [-0.1, -0.05) is 18.2 Å². The van der Waals surface area contributed by atoms with E-state index < -0.39 is 21.4 Å². The summed E-state index contributed by atoms with van der Waals surface area (Å²) in [5.74, 6) is -0.323. The largest absolute Gasteiger partial charge is 0.504 e. The van der Waals surface area contributed by atoms with Crippen LogP contribution in [0.15, 0.2) is 47.4 Å². The van der Waals surface area contributed by atoms with Crippen molar-refractivity contribution in [1.82, 2.24) is 0 Å². The van der Waals surface area contributed by atoms with Gasteiger partial charge in [-0.2, -0.15) is 0 Å². The smallest absolute Gasteiger partial charge is 0.203 e. The highest BCUT2D eigenvalue weighted by Crippen LogP contribution is 2.40. The number of halogens is 1. The fourth-order valence-electron chi connectivity index (χ4n) is 3.66. The van der Waals surface area contributed by atoms with Crippen LogP contribution in [0, 0.1) is 5.82 Å². The molecule has 0 amide bonds. The van der Waals surface area contributed by atoms with Crippen LogP contribution in [-0.4, -0.2) is 49.1 Å². The molecule has 0 fully saturated rings. The lowest BCUT2D eigenvalue weighted by atomic mass is 10.0. The summed E-state index contributed by atoms with van der Waals surface area (Å²) in [6, 6.07) is 9.82. The van der Waals surface area contributed by atoms with Crippen molar-refractivity contribution in [3.63, 3.8) is 0 Å². The van der Waals surface area contributed by atoms with E-state index >= 15 is 0 Å². The van der Waals surface area contributed by atoms with Gasteiger partial charge in [-0.05, 0) is 47.5 Å². The Bertz CT molecular complexity index is 1360. The molecule has 3 rings (SSSR count). The lowest BCUT2D eigenvalue weighted by molar-refractivity contribution is 0.324. The van der Waals surface area contributed by atoms with Crippen LogP contribution in [0.5, 0.6) is 34.5 Å². The summed E-state index contributed by atoms with van der Waals surface area (Å²) in [6.45, 7) is 0. The number of aromatic hydroxyl groups is 1. The molecule has 0 bridgehead atoms. The highest BCUT2D eigenvalue weighted by molar-refractivity contribution is 7.90. The van der Waals surface area contributed by atoms with Crippen LogP contribution < -0.4 is 23.7 Å². The fraction of sp³-hybridized carbons (Fsp3) is 0.231. The van der Waals surface area contributed by atoms with Crippen molar-refractivity contribution < 1.29 is 41.6 Å². The second kappa shape index (κ2) is 11.2. The van der Waals surface area contributed by atoms with Gasteiger partial charge in [0.1, 0.15) is 0 Å². The van der Waals surface area contributed by atoms with E-state index in [0.29, 0.717) is 28.4 Å². The molecular formula is C26H27FO8S. The molecule has 0 radical (unpaired) electrons. The molecule has 3 aromatic rings. The summed E-state index contributed by atoms with van der Waals surface area (Å²) in [5, 5.41) is 10.3. The number of methoxy groups -OCH3 is 5. The minimum atomic E-state index is -4.02. The first-order chi connectivity index (χ1) is 17.2. The van der Waals surface area contributed by atoms with Gasteiger partial charge in [0.2, 0.25) is 5.75 Å². The van der Waals surface area contributed by atoms with Gasteiger partial charge in [0.25, 0.3) is 0 Å². The third kappa shape index (κ3) is 5.49. The zero-order chi connectivity index (χ0) is 26.5. The molecule has 10 heteroatoms. The molecule has 1 N–H and O–H groups in total. The van der Waals surface area contributed by atoms with Crippen LogP contribution in [-0.2, 0) is 15.6 Å². The molecule has 0 unspecified atom stereocenters. The summed E-state index contributed by atoms with van der Waals surface area (Å²) in [7, 11) is 3.09. The Kier molecular flexibility index (Phi) is 8.31. The van der Waals surface area contributed by atoms with E-state index in [4.69, 9.17) is 23.7 Å². The Labute approximate surface area is 209 Å². The summed E-state index contributed by atoms with van der Waals surface area (Å²) >= 11 is 0. The molecule has 0 aliphatic carbocycles. The molecular weight excluding hydrogens is 491 g/mol. The van der Waals surface area contributed by atoms with Crippen molar-refractivity contribution in [1.29, 1.82) is 0 Å². The molecule has 0 saturated carbocycles. The maximum absolute atomic E-state index is 14.2. The van der Waals surface area contributed by atoms with E-state index in [-0.39, 0.29) is 27.7 Å². The van der Waals surface area contributed by atoms with Crippen molar-refractivity contribution in [2.45, 2.75) is 10.6 Å². The van der Waals surface area contributed by atoms with Gasteiger partial charge in [0.15, 0.2) is 44.4 Å². The Morgan fingerprint density at radius 3 is 1.92 bits per heavy atom. The van der Waals surface area contributed by atoms with Crippen LogP contribution in [0.2, 0.25) is 0 Å². The SMILES string of the molecule is COc1ccc(S(=O)(=O)Cc2c(/C=C\c3cc(OC)c(OC)c(OC)c3)ccc(O)c2OC)cc1F. The topological polar surface area (TPSA) is 101 Å². The number of phenolic OH excluding ortho intramolecular Hbond substituents is 1. The van der Waals surface area contributed by atoms with E-state index in [1.165, 1.54) is 53.7 Å². The number of sulfone groups is 1. The number of phenols is 1. The van der Waals surface area contributed by atoms with Crippen LogP contribution in [0.25, 0.3) is 12.2 Å². The predicted octanol–water partition coefficient (Wildman–Crippen LogP) is 4.72. The quantitative estimate of drug-likeness (QED) is 0.385. The summed E-state index contributed by atoms with van der Waals surface area (Å²) in [6.07, 6.45) is 3.39. The lowest BCUT2D eigenvalue weighted by Crippen LogP contribution is -2.08. The fourth-order valence-corrected chi connectivity index (χ4v) is 5.06. The number of rotatable bonds is 10. The second-order valence-electron chi connectivity index (χ2n) is 7.53. The molecule has 0 aromatic heterocycles. The monoisotopic (exact) mass is 518 g/mol. The molecule has 0 heterocycles. The second-order valence-corrected chi connectivity index (χ2v) is 9.52. The standard InChI is InChI=1S/C26H27FO8S/c1-31-22-11-9-18(14-20(22)27)36(29,30)15-19-17(8-10-21(28)25(19)34-4)7-6-16-12-23(32-2)26(35-5)24(13-16)33-3/h6-14,28H,15H2,1-5H3/b7-6-. The Morgan fingerprint density at radius 1 is 0.778 bits per heavy atom. The summed E-state index contributed by atoms with van der Waals surface area (Å²) in [4.78, 5) is -0.231. The minimum Gasteiger partial charge on any atom is -0.504 e. The molecule has 3 aromatic carbocycles. The zero-order valence-electron chi connectivity index (χ0n) is 20.5. The van der Waals surface area contributed by atoms with Crippen molar-refractivity contribution >= 4 is 22.0 Å². The highest BCUT2D eigenvalue weighted by Gasteiger charge is 2.23. The Hall–Kier alpha value is -3.92. The van der Waals surface area contributed by atoms with Gasteiger partial charge in [-0.25, -0.2) is 12.8 Å². The molecule has 0 aliphatic rings. The van der Waals surface area contributed by atoms with Crippen LogP contribution in [0.1, 0.15) is 16.7 Å². The molecule has 192 valence electrons. The van der Waals surface area contributed by atoms with Crippen LogP contribution >= 0.6 is 0 Å². The van der Waals surface area contributed by atoms with E-state index in [1.807, 2.05) is 0 Å². The molecule has 0 saturated heterocycles. The number of benzene rings is 3. The third-order valence-electron chi connectivity index (χ3n) is 5.44. The normalized spacial score (nSPS) is 11.4. The van der Waals surface area contributed by atoms with Crippen molar-refractivity contribution in [2.75, 3.05) is 35.5 Å². The Morgan fingerprint density at radius 2 is 1.39 bits per heavy atom. The van der Waals surface area contributed by atoms with Crippen molar-refractivity contribution in [2.24, 2.45) is 0 Å². The van der Waals surface area contributed by atoms with Gasteiger partial charge >= 0.3 is 0 Å². The summed E-state index contributed by atoms with van der Waals surface area (Å²) in [5.41, 5.74) is 1.36. The predicted molar refractivity (Wildman–Crippen MR) is 134 cm³/mol. The first-order valence-corrected chi connectivity index (χ1v) is 12.3. The van der Waals surface area contributed by atoms with E-state index in [0.717, 1.165) is 6.07 Å². The zero-order valence-corrected chi connectivity index (χ0v) is 21.3. The number of ether oxygens (including phenoxy) is 5. The number of hydrogen-bond acceptors (Lipinski definition) is 8. The van der Waals surface area contributed by atoms with E-state index in [9.17, 15) is 17.9 Å². The maximum Gasteiger partial charge on any atom is 0.203 e. The average molecular weight is 519 g/mol. The maximum atomic E-state index is 14.2. The van der Waals surface area contributed by atoms with Crippen LogP contribution in [0.3, 0.4) is 0 Å². The van der Waals surface area contributed by atoms with Gasteiger partial charge in [0.05, 0.1) is 46.2 Å². The molecule has 0 aliphatic heterocycles. The first-order valence-electron chi connectivity index (χ1n) is 10.6. The highest BCUT2D eigenvalue weighted by atomic mass is 32.2.